The van der Waals surface area contributed by atoms with Crippen LogP contribution in [-0.4, -0.2) is 32.8 Å². The number of carbonyl (C=O) groups excluding carboxylic acids is 1. The van der Waals surface area contributed by atoms with Crippen LogP contribution in [0.5, 0.6) is 5.75 Å². The molecule has 0 aliphatic heterocycles. The number of hydrogen-bond donors (Lipinski definition) is 2. The minimum absolute atomic E-state index is 0.132. The van der Waals surface area contributed by atoms with Gasteiger partial charge in [-0.3, -0.25) is 4.79 Å². The zero-order valence-electron chi connectivity index (χ0n) is 12.4. The fourth-order valence-electron chi connectivity index (χ4n) is 1.65. The van der Waals surface area contributed by atoms with Crippen LogP contribution in [0.15, 0.2) is 18.2 Å². The molecule has 0 aliphatic rings. The maximum Gasteiger partial charge on any atom is 0.251 e. The standard InChI is InChI=1S/C15H24N2O3/c1-11(2)10-20-8-4-7-17-15(18)12-5-6-13(16)14(9-12)19-3/h5-6,9,11H,4,7-8,10,16H2,1-3H3,(H,17,18). The summed E-state index contributed by atoms with van der Waals surface area (Å²) >= 11 is 0. The van der Waals surface area contributed by atoms with Gasteiger partial charge in [-0.05, 0) is 30.5 Å². The van der Waals surface area contributed by atoms with Gasteiger partial charge in [-0.2, -0.15) is 0 Å². The van der Waals surface area contributed by atoms with Crippen LogP contribution in [0.4, 0.5) is 5.69 Å². The van der Waals surface area contributed by atoms with Crippen molar-refractivity contribution in [3.05, 3.63) is 23.8 Å². The van der Waals surface area contributed by atoms with E-state index in [2.05, 4.69) is 19.2 Å². The highest BCUT2D eigenvalue weighted by Gasteiger charge is 2.08. The van der Waals surface area contributed by atoms with E-state index in [4.69, 9.17) is 15.2 Å². The van der Waals surface area contributed by atoms with Gasteiger partial charge in [0.25, 0.3) is 5.91 Å². The molecule has 112 valence electrons. The van der Waals surface area contributed by atoms with Crippen molar-refractivity contribution < 1.29 is 14.3 Å². The van der Waals surface area contributed by atoms with E-state index in [-0.39, 0.29) is 5.91 Å². The normalized spacial score (nSPS) is 10.6. The Labute approximate surface area is 120 Å². The van der Waals surface area contributed by atoms with Gasteiger partial charge in [0.05, 0.1) is 12.8 Å². The highest BCUT2D eigenvalue weighted by Crippen LogP contribution is 2.21. The van der Waals surface area contributed by atoms with Crippen LogP contribution in [0.3, 0.4) is 0 Å². The summed E-state index contributed by atoms with van der Waals surface area (Å²) in [5, 5.41) is 2.84. The fourth-order valence-corrected chi connectivity index (χ4v) is 1.65. The lowest BCUT2D eigenvalue weighted by atomic mass is 10.2. The number of ether oxygens (including phenoxy) is 2. The molecule has 3 N–H and O–H groups in total. The molecule has 20 heavy (non-hydrogen) atoms. The first-order valence-electron chi connectivity index (χ1n) is 6.84. The summed E-state index contributed by atoms with van der Waals surface area (Å²) in [6.07, 6.45) is 0.796. The van der Waals surface area contributed by atoms with Crippen LogP contribution in [0, 0.1) is 5.92 Å². The molecule has 0 fully saturated rings. The molecular formula is C15H24N2O3. The van der Waals surface area contributed by atoms with Crippen molar-refractivity contribution in [3.63, 3.8) is 0 Å². The minimum atomic E-state index is -0.132. The number of rotatable bonds is 8. The molecule has 5 nitrogen and oxygen atoms in total. The van der Waals surface area contributed by atoms with Gasteiger partial charge in [0, 0.05) is 25.3 Å². The van der Waals surface area contributed by atoms with Crippen molar-refractivity contribution in [2.24, 2.45) is 5.92 Å². The number of anilines is 1. The zero-order valence-corrected chi connectivity index (χ0v) is 12.4. The maximum absolute atomic E-state index is 11.9. The first-order chi connectivity index (χ1) is 9.54. The average molecular weight is 280 g/mol. The zero-order chi connectivity index (χ0) is 15.0. The summed E-state index contributed by atoms with van der Waals surface area (Å²) in [7, 11) is 1.53. The van der Waals surface area contributed by atoms with E-state index in [1.165, 1.54) is 7.11 Å². The van der Waals surface area contributed by atoms with E-state index in [0.717, 1.165) is 13.0 Å². The van der Waals surface area contributed by atoms with E-state index in [0.29, 0.717) is 36.1 Å². The number of nitrogen functional groups attached to an aromatic ring is 1. The first-order valence-corrected chi connectivity index (χ1v) is 6.84. The third-order valence-electron chi connectivity index (χ3n) is 2.70. The van der Waals surface area contributed by atoms with E-state index >= 15 is 0 Å². The lowest BCUT2D eigenvalue weighted by Crippen LogP contribution is -2.25. The molecule has 1 rings (SSSR count). The van der Waals surface area contributed by atoms with Crippen LogP contribution in [0.2, 0.25) is 0 Å². The summed E-state index contributed by atoms with van der Waals surface area (Å²) in [6, 6.07) is 4.99. The van der Waals surface area contributed by atoms with Crippen LogP contribution in [0.1, 0.15) is 30.6 Å². The highest BCUT2D eigenvalue weighted by atomic mass is 16.5. The highest BCUT2D eigenvalue weighted by molar-refractivity contribution is 5.95. The molecule has 1 aromatic rings. The molecule has 0 aliphatic carbocycles. The molecule has 0 radical (unpaired) electrons. The number of benzene rings is 1. The molecule has 0 saturated carbocycles. The Morgan fingerprint density at radius 2 is 2.15 bits per heavy atom. The summed E-state index contributed by atoms with van der Waals surface area (Å²) in [6.45, 7) is 6.21. The predicted molar refractivity (Wildman–Crippen MR) is 80.0 cm³/mol. The van der Waals surface area contributed by atoms with E-state index < -0.39 is 0 Å². The SMILES string of the molecule is COc1cc(C(=O)NCCCOCC(C)C)ccc1N. The van der Waals surface area contributed by atoms with Gasteiger partial charge in [-0.1, -0.05) is 13.8 Å². The topological polar surface area (TPSA) is 73.6 Å². The fraction of sp³-hybridized carbons (Fsp3) is 0.533. The lowest BCUT2D eigenvalue weighted by molar-refractivity contribution is 0.0924. The van der Waals surface area contributed by atoms with E-state index in [1.54, 1.807) is 18.2 Å². The van der Waals surface area contributed by atoms with Gasteiger partial charge in [-0.15, -0.1) is 0 Å². The molecule has 0 atom stereocenters. The van der Waals surface area contributed by atoms with Crippen LogP contribution < -0.4 is 15.8 Å². The molecule has 0 spiro atoms. The Morgan fingerprint density at radius 1 is 1.40 bits per heavy atom. The summed E-state index contributed by atoms with van der Waals surface area (Å²) in [5.41, 5.74) is 6.77. The van der Waals surface area contributed by atoms with Gasteiger partial charge in [0.1, 0.15) is 5.75 Å². The Balaban J connectivity index is 2.32. The third kappa shape index (κ3) is 5.48. The van der Waals surface area contributed by atoms with Crippen LogP contribution in [0.25, 0.3) is 0 Å². The maximum atomic E-state index is 11.9. The number of methoxy groups -OCH3 is 1. The molecule has 5 heteroatoms. The number of carbonyl (C=O) groups is 1. The van der Waals surface area contributed by atoms with Crippen molar-refractivity contribution >= 4 is 11.6 Å². The molecule has 0 aromatic heterocycles. The Kier molecular flexibility index (Phi) is 6.87. The average Bonchev–Trinajstić information content (AvgIpc) is 2.42. The monoisotopic (exact) mass is 280 g/mol. The second-order valence-corrected chi connectivity index (χ2v) is 5.03. The Morgan fingerprint density at radius 3 is 2.80 bits per heavy atom. The summed E-state index contributed by atoms with van der Waals surface area (Å²) < 4.78 is 10.5. The number of nitrogens with two attached hydrogens (primary N) is 1. The molecular weight excluding hydrogens is 256 g/mol. The summed E-state index contributed by atoms with van der Waals surface area (Å²) in [5.74, 6) is 0.914. The quantitative estimate of drug-likeness (QED) is 0.565. The molecule has 1 amide bonds. The van der Waals surface area contributed by atoms with Crippen molar-refractivity contribution in [2.45, 2.75) is 20.3 Å². The minimum Gasteiger partial charge on any atom is -0.495 e. The third-order valence-corrected chi connectivity index (χ3v) is 2.70. The first kappa shape index (κ1) is 16.3. The molecule has 0 bridgehead atoms. The van der Waals surface area contributed by atoms with Crippen molar-refractivity contribution in [1.29, 1.82) is 0 Å². The van der Waals surface area contributed by atoms with E-state index in [1.807, 2.05) is 0 Å². The number of amides is 1. The second-order valence-electron chi connectivity index (χ2n) is 5.03. The van der Waals surface area contributed by atoms with Crippen molar-refractivity contribution in [3.8, 4) is 5.75 Å². The van der Waals surface area contributed by atoms with Crippen molar-refractivity contribution in [2.75, 3.05) is 32.6 Å². The number of nitrogens with one attached hydrogen (secondary N) is 1. The van der Waals surface area contributed by atoms with Gasteiger partial charge in [-0.25, -0.2) is 0 Å². The summed E-state index contributed by atoms with van der Waals surface area (Å²) in [4.78, 5) is 11.9. The van der Waals surface area contributed by atoms with E-state index in [9.17, 15) is 4.79 Å². The lowest BCUT2D eigenvalue weighted by Gasteiger charge is -2.09. The number of hydrogen-bond acceptors (Lipinski definition) is 4. The van der Waals surface area contributed by atoms with Gasteiger partial charge >= 0.3 is 0 Å². The molecule has 0 heterocycles. The second kappa shape index (κ2) is 8.43. The largest absolute Gasteiger partial charge is 0.495 e. The van der Waals surface area contributed by atoms with Gasteiger partial charge in [0.2, 0.25) is 0 Å². The van der Waals surface area contributed by atoms with Crippen LogP contribution >= 0.6 is 0 Å². The Hall–Kier alpha value is -1.75. The Bertz CT molecular complexity index is 433. The predicted octanol–water partition coefficient (Wildman–Crippen LogP) is 2.07. The smallest absolute Gasteiger partial charge is 0.251 e. The van der Waals surface area contributed by atoms with Gasteiger partial charge in [0.15, 0.2) is 0 Å². The van der Waals surface area contributed by atoms with Crippen molar-refractivity contribution in [1.82, 2.24) is 5.32 Å². The molecule has 0 saturated heterocycles. The molecule has 1 aromatic carbocycles. The van der Waals surface area contributed by atoms with Gasteiger partial charge < -0.3 is 20.5 Å². The van der Waals surface area contributed by atoms with Crippen LogP contribution in [-0.2, 0) is 4.74 Å². The molecule has 0 unspecified atom stereocenters.